The maximum Gasteiger partial charge on any atom is 0.276 e. The molecule has 2 N–H and O–H groups in total. The SMILES string of the molecule is CCCCCCCCCCCCCCCCC(C(=O)NCC)S(=O)(=O)O. The summed E-state index contributed by atoms with van der Waals surface area (Å²) in [7, 11) is -4.32. The van der Waals surface area contributed by atoms with Crippen LogP contribution in [0.15, 0.2) is 0 Å². The monoisotopic (exact) mass is 391 g/mol. The first-order valence-electron chi connectivity index (χ1n) is 10.7. The molecule has 0 rings (SSSR count). The van der Waals surface area contributed by atoms with Crippen LogP contribution >= 0.6 is 0 Å². The van der Waals surface area contributed by atoms with E-state index in [1.165, 1.54) is 64.2 Å². The summed E-state index contributed by atoms with van der Waals surface area (Å²) >= 11 is 0. The van der Waals surface area contributed by atoms with Gasteiger partial charge in [-0.25, -0.2) is 0 Å². The summed E-state index contributed by atoms with van der Waals surface area (Å²) < 4.78 is 31.8. The minimum Gasteiger partial charge on any atom is -0.355 e. The van der Waals surface area contributed by atoms with Crippen molar-refractivity contribution >= 4 is 16.0 Å². The molecule has 0 saturated carbocycles. The maximum atomic E-state index is 11.7. The van der Waals surface area contributed by atoms with Gasteiger partial charge in [-0.3, -0.25) is 9.35 Å². The summed E-state index contributed by atoms with van der Waals surface area (Å²) in [5.41, 5.74) is 0. The topological polar surface area (TPSA) is 83.5 Å². The second-order valence-corrected chi connectivity index (χ2v) is 8.88. The summed E-state index contributed by atoms with van der Waals surface area (Å²) in [6, 6.07) is 0. The van der Waals surface area contributed by atoms with E-state index in [0.29, 0.717) is 13.0 Å². The number of hydrogen-bond donors (Lipinski definition) is 2. The van der Waals surface area contributed by atoms with Gasteiger partial charge in [-0.15, -0.1) is 0 Å². The molecule has 0 aliphatic rings. The summed E-state index contributed by atoms with van der Waals surface area (Å²) in [5.74, 6) is -0.593. The molecule has 1 amide bonds. The highest BCUT2D eigenvalue weighted by Crippen LogP contribution is 2.15. The molecule has 0 aliphatic heterocycles. The van der Waals surface area contributed by atoms with Crippen molar-refractivity contribution in [3.05, 3.63) is 0 Å². The van der Waals surface area contributed by atoms with Crippen molar-refractivity contribution < 1.29 is 17.8 Å². The quantitative estimate of drug-likeness (QED) is 0.247. The van der Waals surface area contributed by atoms with E-state index in [1.807, 2.05) is 0 Å². The highest BCUT2D eigenvalue weighted by molar-refractivity contribution is 7.87. The van der Waals surface area contributed by atoms with E-state index in [9.17, 15) is 17.8 Å². The molecule has 1 atom stereocenters. The van der Waals surface area contributed by atoms with Crippen LogP contribution in [0.5, 0.6) is 0 Å². The molecular formula is C20H41NO4S. The number of carbonyl (C=O) groups excluding carboxylic acids is 1. The van der Waals surface area contributed by atoms with Gasteiger partial charge in [-0.1, -0.05) is 96.8 Å². The highest BCUT2D eigenvalue weighted by Gasteiger charge is 2.29. The Kier molecular flexibility index (Phi) is 16.2. The lowest BCUT2D eigenvalue weighted by Gasteiger charge is -2.13. The van der Waals surface area contributed by atoms with Gasteiger partial charge in [-0.2, -0.15) is 8.42 Å². The maximum absolute atomic E-state index is 11.7. The lowest BCUT2D eigenvalue weighted by molar-refractivity contribution is -0.120. The highest BCUT2D eigenvalue weighted by atomic mass is 32.2. The second-order valence-electron chi connectivity index (χ2n) is 7.28. The van der Waals surface area contributed by atoms with E-state index in [-0.39, 0.29) is 6.42 Å². The van der Waals surface area contributed by atoms with Gasteiger partial charge < -0.3 is 5.32 Å². The van der Waals surface area contributed by atoms with Gasteiger partial charge in [0.1, 0.15) is 0 Å². The van der Waals surface area contributed by atoms with E-state index in [2.05, 4.69) is 12.2 Å². The lowest BCUT2D eigenvalue weighted by Crippen LogP contribution is -2.39. The van der Waals surface area contributed by atoms with Crippen LogP contribution in [0, 0.1) is 0 Å². The van der Waals surface area contributed by atoms with Crippen molar-refractivity contribution in [2.45, 2.75) is 115 Å². The number of amides is 1. The predicted octanol–water partition coefficient (Wildman–Crippen LogP) is 5.25. The first kappa shape index (κ1) is 25.4. The Balaban J connectivity index is 3.55. The van der Waals surface area contributed by atoms with Gasteiger partial charge in [0.2, 0.25) is 5.91 Å². The fourth-order valence-corrected chi connectivity index (χ4v) is 4.05. The van der Waals surface area contributed by atoms with E-state index in [1.54, 1.807) is 6.92 Å². The molecule has 0 bridgehead atoms. The Morgan fingerprint density at radius 2 is 1.15 bits per heavy atom. The zero-order valence-electron chi connectivity index (χ0n) is 17.0. The fourth-order valence-electron chi connectivity index (χ4n) is 3.23. The van der Waals surface area contributed by atoms with Gasteiger partial charge in [-0.05, 0) is 13.3 Å². The minimum atomic E-state index is -4.32. The van der Waals surface area contributed by atoms with Crippen molar-refractivity contribution in [2.75, 3.05) is 6.54 Å². The molecule has 0 radical (unpaired) electrons. The molecule has 0 aliphatic carbocycles. The van der Waals surface area contributed by atoms with Crippen LogP contribution in [0.3, 0.4) is 0 Å². The van der Waals surface area contributed by atoms with Crippen LogP contribution in [0.1, 0.15) is 110 Å². The molecule has 0 heterocycles. The Hall–Kier alpha value is -0.620. The number of nitrogens with one attached hydrogen (secondary N) is 1. The average Bonchev–Trinajstić information content (AvgIpc) is 2.57. The zero-order chi connectivity index (χ0) is 19.7. The van der Waals surface area contributed by atoms with E-state index >= 15 is 0 Å². The van der Waals surface area contributed by atoms with Crippen molar-refractivity contribution in [3.63, 3.8) is 0 Å². The van der Waals surface area contributed by atoms with E-state index in [4.69, 9.17) is 0 Å². The van der Waals surface area contributed by atoms with Gasteiger partial charge in [0, 0.05) is 6.54 Å². The second kappa shape index (κ2) is 16.5. The first-order chi connectivity index (χ1) is 12.4. The molecule has 26 heavy (non-hydrogen) atoms. The summed E-state index contributed by atoms with van der Waals surface area (Å²) in [6.45, 7) is 4.34. The van der Waals surface area contributed by atoms with Crippen LogP contribution in [0.4, 0.5) is 0 Å². The molecule has 0 spiro atoms. The van der Waals surface area contributed by atoms with Gasteiger partial charge >= 0.3 is 0 Å². The Labute approximate surface area is 161 Å². The van der Waals surface area contributed by atoms with E-state index in [0.717, 1.165) is 19.3 Å². The molecule has 156 valence electrons. The standard InChI is InChI=1S/C20H41NO4S/c1-3-5-6-7-8-9-10-11-12-13-14-15-16-17-18-19(26(23,24)25)20(22)21-4-2/h19H,3-18H2,1-2H3,(H,21,22)(H,23,24,25). The smallest absolute Gasteiger partial charge is 0.276 e. The van der Waals surface area contributed by atoms with Crippen LogP contribution in [0.25, 0.3) is 0 Å². The molecule has 6 heteroatoms. The Morgan fingerprint density at radius 1 is 0.769 bits per heavy atom. The molecular weight excluding hydrogens is 350 g/mol. The molecule has 1 unspecified atom stereocenters. The zero-order valence-corrected chi connectivity index (χ0v) is 17.8. The number of rotatable bonds is 18. The molecule has 0 aromatic rings. The number of unbranched alkanes of at least 4 members (excludes halogenated alkanes) is 13. The minimum absolute atomic E-state index is 0.197. The fraction of sp³-hybridized carbons (Fsp3) is 0.950. The molecule has 0 aromatic carbocycles. The van der Waals surface area contributed by atoms with Gasteiger partial charge in [0.25, 0.3) is 10.1 Å². The third-order valence-corrected chi connectivity index (χ3v) is 5.99. The van der Waals surface area contributed by atoms with Gasteiger partial charge in [0.05, 0.1) is 0 Å². The summed E-state index contributed by atoms with van der Waals surface area (Å²) in [4.78, 5) is 11.7. The third kappa shape index (κ3) is 14.5. The third-order valence-electron chi connectivity index (χ3n) is 4.82. The summed E-state index contributed by atoms with van der Waals surface area (Å²) in [6.07, 6.45) is 17.3. The van der Waals surface area contributed by atoms with Crippen molar-refractivity contribution in [1.29, 1.82) is 0 Å². The Bertz CT molecular complexity index is 437. The number of carbonyl (C=O) groups is 1. The van der Waals surface area contributed by atoms with Crippen LogP contribution in [0.2, 0.25) is 0 Å². The van der Waals surface area contributed by atoms with Gasteiger partial charge in [0.15, 0.2) is 5.25 Å². The largest absolute Gasteiger partial charge is 0.355 e. The van der Waals surface area contributed by atoms with Crippen molar-refractivity contribution in [3.8, 4) is 0 Å². The Morgan fingerprint density at radius 3 is 1.50 bits per heavy atom. The normalized spacial score (nSPS) is 12.9. The predicted molar refractivity (Wildman–Crippen MR) is 109 cm³/mol. The first-order valence-corrected chi connectivity index (χ1v) is 12.2. The molecule has 0 aromatic heterocycles. The molecule has 5 nitrogen and oxygen atoms in total. The lowest BCUT2D eigenvalue weighted by atomic mass is 10.0. The molecule has 0 fully saturated rings. The van der Waals surface area contributed by atoms with Crippen molar-refractivity contribution in [2.24, 2.45) is 0 Å². The summed E-state index contributed by atoms with van der Waals surface area (Å²) in [5, 5.41) is 1.15. The van der Waals surface area contributed by atoms with Crippen LogP contribution in [-0.4, -0.2) is 30.7 Å². The van der Waals surface area contributed by atoms with Crippen LogP contribution in [-0.2, 0) is 14.9 Å². The molecule has 0 saturated heterocycles. The average molecular weight is 392 g/mol. The van der Waals surface area contributed by atoms with E-state index < -0.39 is 21.3 Å². The van der Waals surface area contributed by atoms with Crippen molar-refractivity contribution in [1.82, 2.24) is 5.32 Å². The van der Waals surface area contributed by atoms with Crippen LogP contribution < -0.4 is 5.32 Å². The number of hydrogen-bond acceptors (Lipinski definition) is 3.